The van der Waals surface area contributed by atoms with Crippen LogP contribution in [0.4, 0.5) is 22.6 Å². The molecule has 5 aromatic rings. The van der Waals surface area contributed by atoms with Crippen molar-refractivity contribution in [1.82, 2.24) is 20.6 Å². The van der Waals surface area contributed by atoms with E-state index in [0.717, 1.165) is 20.5 Å². The predicted molar refractivity (Wildman–Crippen MR) is 131 cm³/mol. The van der Waals surface area contributed by atoms with Gasteiger partial charge in [-0.3, -0.25) is 4.31 Å². The molecule has 0 spiro atoms. The number of benzene rings is 3. The summed E-state index contributed by atoms with van der Waals surface area (Å²) in [5.74, 6) is -1.26. The Bertz CT molecular complexity index is 1700. The molecule has 13 heteroatoms. The summed E-state index contributed by atoms with van der Waals surface area (Å²) >= 11 is 1.20. The fourth-order valence-corrected chi connectivity index (χ4v) is 6.90. The molecule has 7 nitrogen and oxygen atoms in total. The van der Waals surface area contributed by atoms with E-state index in [1.807, 2.05) is 24.3 Å². The van der Waals surface area contributed by atoms with E-state index in [2.05, 4.69) is 20.6 Å². The number of sulfonamides is 1. The molecule has 3 aromatic carbocycles. The van der Waals surface area contributed by atoms with E-state index in [4.69, 9.17) is 0 Å². The normalized spacial score (nSPS) is 12.2. The lowest BCUT2D eigenvalue weighted by atomic mass is 10.1. The summed E-state index contributed by atoms with van der Waals surface area (Å²) in [5, 5.41) is 14.7. The Hall–Kier alpha value is -3.84. The van der Waals surface area contributed by atoms with E-state index < -0.39 is 34.1 Å². The van der Waals surface area contributed by atoms with Crippen LogP contribution in [0.1, 0.15) is 16.7 Å². The van der Waals surface area contributed by atoms with Gasteiger partial charge in [-0.05, 0) is 59.0 Å². The number of hydrogen-bond donors (Lipinski definition) is 1. The number of aromatic amines is 1. The minimum absolute atomic E-state index is 0.0246. The Labute approximate surface area is 212 Å². The van der Waals surface area contributed by atoms with Crippen LogP contribution in [0.25, 0.3) is 21.5 Å². The molecule has 37 heavy (non-hydrogen) atoms. The van der Waals surface area contributed by atoms with E-state index >= 15 is 0 Å². The summed E-state index contributed by atoms with van der Waals surface area (Å²) in [7, 11) is -4.31. The maximum atomic E-state index is 14.0. The molecule has 5 rings (SSSR count). The fraction of sp³-hybridized carbons (Fsp3) is 0.125. The first kappa shape index (κ1) is 24.8. The zero-order chi connectivity index (χ0) is 26.4. The molecule has 0 aliphatic heterocycles. The minimum atomic E-state index is -4.93. The molecule has 0 saturated carbocycles. The molecule has 2 heterocycles. The molecule has 0 aliphatic carbocycles. The third-order valence-corrected chi connectivity index (χ3v) is 8.89. The third-order valence-electron chi connectivity index (χ3n) is 5.73. The van der Waals surface area contributed by atoms with Crippen LogP contribution < -0.4 is 4.31 Å². The molecule has 190 valence electrons. The van der Waals surface area contributed by atoms with Gasteiger partial charge < -0.3 is 0 Å². The number of fused-ring (bicyclic) bond motifs is 1. The molecule has 0 amide bonds. The van der Waals surface area contributed by atoms with E-state index in [-0.39, 0.29) is 16.3 Å². The highest BCUT2D eigenvalue weighted by Crippen LogP contribution is 2.41. The quantitative estimate of drug-likeness (QED) is 0.266. The topological polar surface area (TPSA) is 91.8 Å². The number of tetrazole rings is 1. The van der Waals surface area contributed by atoms with Crippen LogP contribution in [0.15, 0.2) is 71.6 Å². The Morgan fingerprint density at radius 2 is 1.81 bits per heavy atom. The van der Waals surface area contributed by atoms with Crippen LogP contribution in [0.2, 0.25) is 0 Å². The second-order valence-corrected chi connectivity index (χ2v) is 11.0. The summed E-state index contributed by atoms with van der Waals surface area (Å²) in [6.45, 7) is 1.30. The molecule has 0 aliphatic rings. The average Bonchev–Trinajstić information content (AvgIpc) is 3.52. The van der Waals surface area contributed by atoms with Crippen molar-refractivity contribution in [2.24, 2.45) is 0 Å². The van der Waals surface area contributed by atoms with Gasteiger partial charge in [0.1, 0.15) is 10.8 Å². The van der Waals surface area contributed by atoms with Crippen LogP contribution in [0.3, 0.4) is 0 Å². The lowest BCUT2D eigenvalue weighted by Gasteiger charge is -2.25. The summed E-state index contributed by atoms with van der Waals surface area (Å²) in [4.78, 5) is -0.121. The van der Waals surface area contributed by atoms with Gasteiger partial charge in [0, 0.05) is 10.3 Å². The number of aryl methyl sites for hydroxylation is 1. The van der Waals surface area contributed by atoms with Gasteiger partial charge in [-0.25, -0.2) is 12.8 Å². The Morgan fingerprint density at radius 1 is 1.03 bits per heavy atom. The van der Waals surface area contributed by atoms with Crippen molar-refractivity contribution in [3.8, 4) is 11.4 Å². The van der Waals surface area contributed by atoms with Crippen molar-refractivity contribution in [3.63, 3.8) is 0 Å². The summed E-state index contributed by atoms with van der Waals surface area (Å²) in [5.41, 5.74) is -0.460. The van der Waals surface area contributed by atoms with Crippen LogP contribution in [0, 0.1) is 12.7 Å². The Balaban J connectivity index is 1.66. The van der Waals surface area contributed by atoms with Gasteiger partial charge >= 0.3 is 6.18 Å². The number of anilines is 1. The first-order valence-corrected chi connectivity index (χ1v) is 13.0. The lowest BCUT2D eigenvalue weighted by Crippen LogP contribution is -2.30. The molecule has 0 atom stereocenters. The highest BCUT2D eigenvalue weighted by molar-refractivity contribution is 7.93. The van der Waals surface area contributed by atoms with E-state index in [1.54, 1.807) is 13.0 Å². The minimum Gasteiger partial charge on any atom is -0.252 e. The van der Waals surface area contributed by atoms with Gasteiger partial charge in [-0.15, -0.1) is 21.5 Å². The molecule has 1 N–H and O–H groups in total. The molecule has 0 bridgehead atoms. The number of H-pyrrole nitrogens is 1. The Kier molecular flexibility index (Phi) is 6.20. The van der Waals surface area contributed by atoms with E-state index in [9.17, 15) is 26.0 Å². The number of hydrogen-bond acceptors (Lipinski definition) is 6. The van der Waals surface area contributed by atoms with Crippen LogP contribution in [0.5, 0.6) is 0 Å². The van der Waals surface area contributed by atoms with Gasteiger partial charge in [0.2, 0.25) is 5.82 Å². The smallest absolute Gasteiger partial charge is 0.252 e. The highest BCUT2D eigenvalue weighted by Gasteiger charge is 2.35. The zero-order valence-corrected chi connectivity index (χ0v) is 20.6. The SMILES string of the molecule is Cc1c(N(Cc2ccc(F)c(C(F)(F)F)c2)S(=O)(=O)c2cccc(-c3nn[nH]n3)c2)sc2ccccc12. The summed E-state index contributed by atoms with van der Waals surface area (Å²) in [6.07, 6.45) is -4.93. The molecular weight excluding hydrogens is 530 g/mol. The van der Waals surface area contributed by atoms with Gasteiger partial charge in [0.05, 0.1) is 17.0 Å². The predicted octanol–water partition coefficient (Wildman–Crippen LogP) is 5.94. The van der Waals surface area contributed by atoms with Crippen molar-refractivity contribution in [1.29, 1.82) is 0 Å². The molecule has 0 unspecified atom stereocenters. The number of rotatable bonds is 6. The zero-order valence-electron chi connectivity index (χ0n) is 19.0. The van der Waals surface area contributed by atoms with Gasteiger partial charge in [0.15, 0.2) is 0 Å². The van der Waals surface area contributed by atoms with Crippen molar-refractivity contribution in [2.45, 2.75) is 24.5 Å². The van der Waals surface area contributed by atoms with Gasteiger partial charge in [-0.1, -0.05) is 36.4 Å². The third kappa shape index (κ3) is 4.67. The van der Waals surface area contributed by atoms with Crippen LogP contribution in [-0.2, 0) is 22.7 Å². The number of aromatic nitrogens is 4. The van der Waals surface area contributed by atoms with Crippen LogP contribution in [-0.4, -0.2) is 29.0 Å². The fourth-order valence-electron chi connectivity index (χ4n) is 3.93. The second kappa shape index (κ2) is 9.23. The van der Waals surface area contributed by atoms with E-state index in [1.165, 1.54) is 29.5 Å². The molecule has 0 radical (unpaired) electrons. The maximum absolute atomic E-state index is 14.0. The van der Waals surface area contributed by atoms with Gasteiger partial charge in [0.25, 0.3) is 10.0 Å². The van der Waals surface area contributed by atoms with Crippen molar-refractivity contribution < 1.29 is 26.0 Å². The standard InChI is InChI=1S/C24H17F4N5O2S2/c1-14-18-7-2-3-8-21(18)36-23(14)33(13-15-9-10-20(25)19(11-15)24(26,27)28)37(34,35)17-6-4-5-16(12-17)22-29-31-32-30-22/h2-12H,13H2,1H3,(H,29,30,31,32). The Morgan fingerprint density at radius 3 is 2.51 bits per heavy atom. The maximum Gasteiger partial charge on any atom is 0.419 e. The number of alkyl halides is 3. The average molecular weight is 548 g/mol. The van der Waals surface area contributed by atoms with Crippen molar-refractivity contribution >= 4 is 36.4 Å². The van der Waals surface area contributed by atoms with Crippen LogP contribution >= 0.6 is 11.3 Å². The number of nitrogens with one attached hydrogen (secondary N) is 1. The van der Waals surface area contributed by atoms with Gasteiger partial charge in [-0.2, -0.15) is 18.4 Å². The second-order valence-electron chi connectivity index (χ2n) is 8.12. The summed E-state index contributed by atoms with van der Waals surface area (Å²) in [6, 6.07) is 15.6. The largest absolute Gasteiger partial charge is 0.419 e. The first-order valence-electron chi connectivity index (χ1n) is 10.8. The van der Waals surface area contributed by atoms with Crippen molar-refractivity contribution in [2.75, 3.05) is 4.31 Å². The lowest BCUT2D eigenvalue weighted by molar-refractivity contribution is -0.140. The molecule has 2 aromatic heterocycles. The monoisotopic (exact) mass is 547 g/mol. The molecule has 0 saturated heterocycles. The first-order chi connectivity index (χ1) is 17.6. The van der Waals surface area contributed by atoms with Crippen molar-refractivity contribution in [3.05, 3.63) is 89.2 Å². The summed E-state index contributed by atoms with van der Waals surface area (Å²) < 4.78 is 84.0. The number of halogens is 4. The van der Waals surface area contributed by atoms with E-state index in [0.29, 0.717) is 28.3 Å². The number of nitrogens with zero attached hydrogens (tertiary/aromatic N) is 4. The highest BCUT2D eigenvalue weighted by atomic mass is 32.2. The molecule has 0 fully saturated rings. The molecular formula is C24H17F4N5O2S2. The number of thiophene rings is 1.